The Balaban J connectivity index is 1.65. The molecule has 6 nitrogen and oxygen atoms in total. The van der Waals surface area contributed by atoms with Crippen LogP contribution in [0, 0.1) is 6.92 Å². The number of carbonyl (C=O) groups is 2. The Bertz CT molecular complexity index is 1310. The van der Waals surface area contributed by atoms with Gasteiger partial charge in [0, 0.05) is 15.7 Å². The van der Waals surface area contributed by atoms with Gasteiger partial charge in [-0.1, -0.05) is 46.3 Å². The van der Waals surface area contributed by atoms with Crippen molar-refractivity contribution in [1.29, 1.82) is 0 Å². The van der Waals surface area contributed by atoms with Gasteiger partial charge in [0.25, 0.3) is 11.5 Å². The third kappa shape index (κ3) is 3.96. The molecule has 4 rings (SSSR count). The lowest BCUT2D eigenvalue weighted by atomic mass is 10.1. The van der Waals surface area contributed by atoms with Crippen LogP contribution < -0.4 is 10.9 Å². The van der Waals surface area contributed by atoms with Crippen molar-refractivity contribution in [2.75, 3.05) is 5.32 Å². The van der Waals surface area contributed by atoms with Crippen LogP contribution in [0.3, 0.4) is 0 Å². The average molecular weight is 482 g/mol. The molecule has 2 aromatic carbocycles. The van der Waals surface area contributed by atoms with E-state index in [0.29, 0.717) is 31.9 Å². The van der Waals surface area contributed by atoms with Crippen molar-refractivity contribution in [3.63, 3.8) is 0 Å². The lowest BCUT2D eigenvalue weighted by molar-refractivity contribution is 0.0969. The Labute approximate surface area is 184 Å². The lowest BCUT2D eigenvalue weighted by Crippen LogP contribution is -2.24. The first-order valence-corrected chi connectivity index (χ1v) is 10.7. The Morgan fingerprint density at radius 1 is 1.10 bits per heavy atom. The second kappa shape index (κ2) is 8.33. The maximum atomic E-state index is 13.0. The quantitative estimate of drug-likeness (QED) is 0.420. The summed E-state index contributed by atoms with van der Waals surface area (Å²) >= 11 is 4.50. The van der Waals surface area contributed by atoms with Crippen molar-refractivity contribution in [2.45, 2.75) is 13.5 Å². The number of amides is 1. The number of rotatable bonds is 5. The summed E-state index contributed by atoms with van der Waals surface area (Å²) in [5, 5.41) is 3.19. The van der Waals surface area contributed by atoms with E-state index >= 15 is 0 Å². The maximum Gasteiger partial charge on any atom is 0.266 e. The lowest BCUT2D eigenvalue weighted by Gasteiger charge is -2.05. The summed E-state index contributed by atoms with van der Waals surface area (Å²) in [6, 6.07) is 16.1. The Morgan fingerprint density at radius 3 is 2.50 bits per heavy atom. The first-order chi connectivity index (χ1) is 14.4. The molecule has 0 aliphatic rings. The van der Waals surface area contributed by atoms with E-state index in [9.17, 15) is 14.4 Å². The first-order valence-electron chi connectivity index (χ1n) is 9.08. The fourth-order valence-electron chi connectivity index (χ4n) is 3.08. The molecule has 0 aliphatic carbocycles. The highest BCUT2D eigenvalue weighted by molar-refractivity contribution is 9.10. The fraction of sp³-hybridized carbons (Fsp3) is 0.0909. The number of hydrogen-bond acceptors (Lipinski definition) is 5. The predicted molar refractivity (Wildman–Crippen MR) is 121 cm³/mol. The number of aryl methyl sites for hydroxylation is 1. The van der Waals surface area contributed by atoms with Crippen LogP contribution >= 0.6 is 27.3 Å². The van der Waals surface area contributed by atoms with Crippen LogP contribution in [0.4, 0.5) is 5.69 Å². The summed E-state index contributed by atoms with van der Waals surface area (Å²) in [5.74, 6) is -0.487. The van der Waals surface area contributed by atoms with E-state index in [1.54, 1.807) is 43.3 Å². The second-order valence-electron chi connectivity index (χ2n) is 6.66. The van der Waals surface area contributed by atoms with Gasteiger partial charge in [-0.05, 0) is 36.8 Å². The van der Waals surface area contributed by atoms with E-state index in [2.05, 4.69) is 26.2 Å². The SMILES string of the molecule is Cc1c(C(=O)Nc2ccccc2)sc2ncn(CC(=O)c3ccc(Br)cc3)c(=O)c12. The Kier molecular flexibility index (Phi) is 5.61. The van der Waals surface area contributed by atoms with Crippen molar-refractivity contribution < 1.29 is 9.59 Å². The highest BCUT2D eigenvalue weighted by Gasteiger charge is 2.20. The van der Waals surface area contributed by atoms with Gasteiger partial charge >= 0.3 is 0 Å². The van der Waals surface area contributed by atoms with Crippen molar-refractivity contribution in [3.05, 3.63) is 91.8 Å². The number of nitrogens with one attached hydrogen (secondary N) is 1. The minimum Gasteiger partial charge on any atom is -0.321 e. The normalized spacial score (nSPS) is 10.9. The smallest absolute Gasteiger partial charge is 0.266 e. The minimum absolute atomic E-state index is 0.121. The molecule has 4 aromatic rings. The molecule has 0 radical (unpaired) electrons. The monoisotopic (exact) mass is 481 g/mol. The molecule has 0 atom stereocenters. The Hall–Kier alpha value is -3.10. The summed E-state index contributed by atoms with van der Waals surface area (Å²) in [6.45, 7) is 1.60. The molecule has 0 aliphatic heterocycles. The van der Waals surface area contributed by atoms with Gasteiger partial charge in [0.05, 0.1) is 23.1 Å². The molecule has 30 heavy (non-hydrogen) atoms. The number of hydrogen-bond donors (Lipinski definition) is 1. The number of anilines is 1. The van der Waals surface area contributed by atoms with E-state index < -0.39 is 0 Å². The summed E-state index contributed by atoms with van der Waals surface area (Å²) in [7, 11) is 0. The van der Waals surface area contributed by atoms with Gasteiger partial charge in [-0.3, -0.25) is 19.0 Å². The summed E-state index contributed by atoms with van der Waals surface area (Å²) in [6.07, 6.45) is 1.36. The average Bonchev–Trinajstić information content (AvgIpc) is 3.08. The van der Waals surface area contributed by atoms with Crippen molar-refractivity contribution >= 4 is 54.9 Å². The van der Waals surface area contributed by atoms with Crippen LogP contribution in [0.1, 0.15) is 25.6 Å². The maximum absolute atomic E-state index is 13.0. The van der Waals surface area contributed by atoms with Gasteiger partial charge in [0.2, 0.25) is 0 Å². The zero-order valence-corrected chi connectivity index (χ0v) is 18.3. The molecule has 8 heteroatoms. The molecule has 150 valence electrons. The first kappa shape index (κ1) is 20.2. The topological polar surface area (TPSA) is 81.1 Å². The van der Waals surface area contributed by atoms with E-state index in [-0.39, 0.29) is 23.8 Å². The van der Waals surface area contributed by atoms with Crippen molar-refractivity contribution in [2.24, 2.45) is 0 Å². The van der Waals surface area contributed by atoms with Crippen LogP contribution in [0.5, 0.6) is 0 Å². The van der Waals surface area contributed by atoms with E-state index in [1.165, 1.54) is 10.9 Å². The van der Waals surface area contributed by atoms with Crippen molar-refractivity contribution in [3.8, 4) is 0 Å². The van der Waals surface area contributed by atoms with Gasteiger partial charge < -0.3 is 5.32 Å². The highest BCUT2D eigenvalue weighted by atomic mass is 79.9. The van der Waals surface area contributed by atoms with Crippen LogP contribution in [-0.4, -0.2) is 21.2 Å². The molecule has 2 aromatic heterocycles. The molecule has 2 heterocycles. The molecular weight excluding hydrogens is 466 g/mol. The van der Waals surface area contributed by atoms with E-state index in [1.807, 2.05) is 18.2 Å². The number of halogens is 1. The molecule has 0 spiro atoms. The molecule has 1 N–H and O–H groups in total. The number of aromatic nitrogens is 2. The number of carbonyl (C=O) groups excluding carboxylic acids is 2. The zero-order chi connectivity index (χ0) is 21.3. The summed E-state index contributed by atoms with van der Waals surface area (Å²) in [5.41, 5.74) is 1.41. The number of para-hydroxylation sites is 1. The molecule has 0 saturated carbocycles. The van der Waals surface area contributed by atoms with Gasteiger partial charge in [0.1, 0.15) is 4.83 Å². The molecular formula is C22H16BrN3O3S. The molecule has 1 amide bonds. The van der Waals surface area contributed by atoms with Crippen LogP contribution in [0.25, 0.3) is 10.2 Å². The summed E-state index contributed by atoms with van der Waals surface area (Å²) < 4.78 is 2.15. The number of Topliss-reactive ketones (excluding diaryl/α,β-unsaturated/α-hetero) is 1. The minimum atomic E-state index is -0.335. The number of thiophene rings is 1. The van der Waals surface area contributed by atoms with Crippen LogP contribution in [0.2, 0.25) is 0 Å². The fourth-order valence-corrected chi connectivity index (χ4v) is 4.38. The zero-order valence-electron chi connectivity index (χ0n) is 15.9. The molecule has 0 unspecified atom stereocenters. The summed E-state index contributed by atoms with van der Waals surface area (Å²) in [4.78, 5) is 43.5. The third-order valence-electron chi connectivity index (χ3n) is 4.64. The molecule has 0 bridgehead atoms. The van der Waals surface area contributed by atoms with Gasteiger partial charge in [-0.2, -0.15) is 0 Å². The van der Waals surface area contributed by atoms with E-state index in [0.717, 1.165) is 15.8 Å². The number of nitrogens with zero attached hydrogens (tertiary/aromatic N) is 2. The van der Waals surface area contributed by atoms with E-state index in [4.69, 9.17) is 0 Å². The van der Waals surface area contributed by atoms with Crippen molar-refractivity contribution in [1.82, 2.24) is 9.55 Å². The second-order valence-corrected chi connectivity index (χ2v) is 8.58. The highest BCUT2D eigenvalue weighted by Crippen LogP contribution is 2.27. The number of benzene rings is 2. The van der Waals surface area contributed by atoms with Gasteiger partial charge in [-0.25, -0.2) is 4.98 Å². The number of fused-ring (bicyclic) bond motifs is 1. The predicted octanol–water partition coefficient (Wildman–Crippen LogP) is 4.66. The third-order valence-corrected chi connectivity index (χ3v) is 6.36. The van der Waals surface area contributed by atoms with Crippen LogP contribution in [0.15, 0.2) is 70.2 Å². The van der Waals surface area contributed by atoms with Gasteiger partial charge in [0.15, 0.2) is 5.78 Å². The number of ketones is 1. The van der Waals surface area contributed by atoms with Crippen LogP contribution in [-0.2, 0) is 6.54 Å². The Morgan fingerprint density at radius 2 is 1.80 bits per heavy atom. The molecule has 0 saturated heterocycles. The molecule has 0 fully saturated rings. The largest absolute Gasteiger partial charge is 0.321 e. The standard InChI is InChI=1S/C22H16BrN3O3S/c1-13-18-21(30-19(13)20(28)25-16-5-3-2-4-6-16)24-12-26(22(18)29)11-17(27)14-7-9-15(23)10-8-14/h2-10,12H,11H2,1H3,(H,25,28). The van der Waals surface area contributed by atoms with Gasteiger partial charge in [-0.15, -0.1) is 11.3 Å².